The Hall–Kier alpha value is -20.2. The van der Waals surface area contributed by atoms with Gasteiger partial charge in [-0.1, -0.05) is 340 Å². The molecule has 0 aliphatic heterocycles. The van der Waals surface area contributed by atoms with E-state index in [4.69, 9.17) is 69.8 Å². The molecule has 0 aliphatic rings. The van der Waals surface area contributed by atoms with E-state index in [0.29, 0.717) is 109 Å². The van der Waals surface area contributed by atoms with Gasteiger partial charge in [0, 0.05) is 100 Å². The highest BCUT2D eigenvalue weighted by atomic mass is 19.1. The molecule has 0 aliphatic carbocycles. The largest absolute Gasteiger partial charge is 0.228 e. The molecule has 21 heteroatoms. The van der Waals surface area contributed by atoms with Gasteiger partial charge >= 0.3 is 0 Å². The number of hydrogen-bond donors (Lipinski definition) is 0. The molecule has 24 aromatic rings. The van der Waals surface area contributed by atoms with Crippen LogP contribution in [0.15, 0.2) is 491 Å². The number of rotatable bonds is 21. The fourth-order valence-electron chi connectivity index (χ4n) is 16.9. The van der Waals surface area contributed by atoms with E-state index in [1.165, 1.54) is 60.7 Å². The van der Waals surface area contributed by atoms with Crippen molar-refractivity contribution in [2.75, 3.05) is 0 Å². The molecule has 6 aromatic heterocycles. The first kappa shape index (κ1) is 93.8. The van der Waals surface area contributed by atoms with E-state index in [2.05, 4.69) is 76.7 Å². The zero-order valence-electron chi connectivity index (χ0n) is 79.3. The van der Waals surface area contributed by atoms with E-state index in [-0.39, 0.29) is 29.1 Å². The maximum absolute atomic E-state index is 13.8. The maximum atomic E-state index is 13.8. The van der Waals surface area contributed by atoms with Gasteiger partial charge in [0.15, 0.2) is 81.5 Å². The molecule has 0 amide bonds. The van der Waals surface area contributed by atoms with Crippen molar-refractivity contribution in [2.45, 2.75) is 0 Å². The van der Waals surface area contributed by atoms with Crippen molar-refractivity contribution in [1.82, 2.24) is 79.7 Å². The van der Waals surface area contributed by atoms with Gasteiger partial charge in [-0.2, -0.15) is 0 Å². The number of aromatic nitrogens is 16. The summed E-state index contributed by atoms with van der Waals surface area (Å²) in [7, 11) is 0. The van der Waals surface area contributed by atoms with Crippen LogP contribution in [0.2, 0.25) is 0 Å². The average Bonchev–Trinajstić information content (AvgIpc) is 0.804. The number of benzene rings is 18. The minimum Gasteiger partial charge on any atom is -0.228 e. The van der Waals surface area contributed by atoms with Crippen molar-refractivity contribution in [3.63, 3.8) is 0 Å². The minimum absolute atomic E-state index is 0.313. The highest BCUT2D eigenvalue weighted by Gasteiger charge is 2.23. The lowest BCUT2D eigenvalue weighted by atomic mass is 10.00. The van der Waals surface area contributed by atoms with Crippen molar-refractivity contribution >= 4 is 0 Å². The van der Waals surface area contributed by atoms with E-state index < -0.39 is 0 Å². The highest BCUT2D eigenvalue weighted by molar-refractivity contribution is 5.82. The summed E-state index contributed by atoms with van der Waals surface area (Å²) >= 11 is 0. The first-order valence-corrected chi connectivity index (χ1v) is 47.9. The molecule has 0 spiro atoms. The first-order chi connectivity index (χ1) is 73.3. The van der Waals surface area contributed by atoms with E-state index in [0.717, 1.165) is 128 Å². The summed E-state index contributed by atoms with van der Waals surface area (Å²) in [6.07, 6.45) is 0. The van der Waals surface area contributed by atoms with Crippen LogP contribution in [-0.2, 0) is 0 Å². The lowest BCUT2D eigenvalue weighted by Crippen LogP contribution is -2.00. The van der Waals surface area contributed by atoms with Crippen LogP contribution >= 0.6 is 0 Å². The minimum atomic E-state index is -0.356. The van der Waals surface area contributed by atoms with Crippen LogP contribution in [0.25, 0.3) is 238 Å². The SMILES string of the molecule is Fc1ccc(-c2nc(-c3ccc(F)cc3)nc(-c3cccc(-c4ccc(-c5nc(-c6ccccc6)cc(-c6ccccc6)n5)cc4)c3)n2)cc1.Fc1ccc(-c2nc(-c3ccc(F)cc3)nc(-c3cccc(-c4cccc(-c5nc(-c6ccccc6)cc(-c6ccccc6)n5)c4)c3)n2)cc1.Fc1ccc(-c2nc(-c3ccccc3)nc(-c3ccc(-c4ccc(-c5nc(-c6ccccc6)nc(-c6ccccc6)n5)cc4)cc3)n2)cc1. The third kappa shape index (κ3) is 22.2. The Balaban J connectivity index is 0.000000127. The van der Waals surface area contributed by atoms with Gasteiger partial charge in [-0.15, -0.1) is 0 Å². The predicted molar refractivity (Wildman–Crippen MR) is 578 cm³/mol. The average molecular weight is 1940 g/mol. The third-order valence-corrected chi connectivity index (χ3v) is 24.7. The van der Waals surface area contributed by atoms with E-state index in [1.54, 1.807) is 60.7 Å². The van der Waals surface area contributed by atoms with Gasteiger partial charge < -0.3 is 0 Å². The fourth-order valence-corrected chi connectivity index (χ4v) is 16.9. The van der Waals surface area contributed by atoms with Crippen LogP contribution in [-0.4, -0.2) is 79.7 Å². The molecule has 18 aromatic carbocycles. The monoisotopic (exact) mass is 1940 g/mol. The maximum Gasteiger partial charge on any atom is 0.164 e. The molecule has 0 saturated heterocycles. The van der Waals surface area contributed by atoms with Crippen LogP contribution in [0.3, 0.4) is 0 Å². The quantitative estimate of drug-likeness (QED) is 0.0613. The van der Waals surface area contributed by atoms with E-state index in [1.807, 2.05) is 303 Å². The molecule has 24 rings (SSSR count). The molecule has 149 heavy (non-hydrogen) atoms. The van der Waals surface area contributed by atoms with Crippen molar-refractivity contribution in [3.8, 4) is 238 Å². The summed E-state index contributed by atoms with van der Waals surface area (Å²) < 4.78 is 68.7. The van der Waals surface area contributed by atoms with Gasteiger partial charge in [-0.25, -0.2) is 102 Å². The molecule has 16 nitrogen and oxygen atoms in total. The van der Waals surface area contributed by atoms with Gasteiger partial charge in [-0.05, 0) is 185 Å². The number of nitrogens with zero attached hydrogens (tertiary/aromatic N) is 16. The summed E-state index contributed by atoms with van der Waals surface area (Å²) in [5.41, 5.74) is 24.4. The Morgan fingerprint density at radius 3 is 0.403 bits per heavy atom. The van der Waals surface area contributed by atoms with E-state index >= 15 is 0 Å². The van der Waals surface area contributed by atoms with Gasteiger partial charge in [0.25, 0.3) is 0 Å². The Labute approximate surface area is 854 Å². The molecule has 0 bridgehead atoms. The second kappa shape index (κ2) is 43.3. The lowest BCUT2D eigenvalue weighted by molar-refractivity contribution is 0.627. The van der Waals surface area contributed by atoms with Crippen molar-refractivity contribution in [3.05, 3.63) is 520 Å². The van der Waals surface area contributed by atoms with Crippen LogP contribution in [0.4, 0.5) is 22.0 Å². The van der Waals surface area contributed by atoms with E-state index in [9.17, 15) is 22.0 Å². The van der Waals surface area contributed by atoms with Crippen molar-refractivity contribution in [2.24, 2.45) is 0 Å². The Bertz CT molecular complexity index is 8540. The highest BCUT2D eigenvalue weighted by Crippen LogP contribution is 2.39. The van der Waals surface area contributed by atoms with Gasteiger partial charge in [0.05, 0.1) is 22.8 Å². The Kier molecular flexibility index (Phi) is 27.3. The van der Waals surface area contributed by atoms with Gasteiger partial charge in [0.1, 0.15) is 29.1 Å². The summed E-state index contributed by atoms with van der Waals surface area (Å²) in [6, 6.07) is 153. The second-order valence-corrected chi connectivity index (χ2v) is 34.7. The zero-order valence-corrected chi connectivity index (χ0v) is 79.3. The molecule has 708 valence electrons. The summed E-state index contributed by atoms with van der Waals surface area (Å²) in [4.78, 5) is 77.1. The molecular weight excluding hydrogens is 1860 g/mol. The smallest absolute Gasteiger partial charge is 0.164 e. The molecule has 6 heterocycles. The van der Waals surface area contributed by atoms with Crippen molar-refractivity contribution in [1.29, 1.82) is 0 Å². The van der Waals surface area contributed by atoms with Crippen molar-refractivity contribution < 1.29 is 22.0 Å². The molecule has 0 unspecified atom stereocenters. The van der Waals surface area contributed by atoms with Crippen LogP contribution < -0.4 is 0 Å². The predicted octanol–water partition coefficient (Wildman–Crippen LogP) is 31.1. The Morgan fingerprint density at radius 2 is 0.208 bits per heavy atom. The third-order valence-electron chi connectivity index (χ3n) is 24.7. The lowest BCUT2D eigenvalue weighted by Gasteiger charge is -2.11. The zero-order chi connectivity index (χ0) is 101. The topological polar surface area (TPSA) is 206 Å². The number of hydrogen-bond acceptors (Lipinski definition) is 16. The number of halogens is 5. The molecule has 0 fully saturated rings. The standard InChI is InChI=1S/2C43H27F2N5.C42H27FN6/c44-36-21-17-30(18-22-36)40-48-41(31-19-23-37(45)24-20-31)50-43(49-40)35-16-8-14-33(26-35)32-13-7-15-34(25-32)42-46-38(28-9-3-1-4-10-28)27-39(47-42)29-11-5-2-6-12-29;44-36-22-18-32(19-23-36)41-48-42(33-20-24-37(45)25-21-33)50-43(49-41)35-13-7-12-34(26-35)28-14-16-31(17-15-28)40-46-38(29-8-3-1-4-9-29)27-39(47-40)30-10-5-2-6-11-30;43-36-26-24-35(25-27-36)42-48-39(32-14-8-3-9-15-32)47-41(49-42)34-22-18-29(19-23-34)28-16-20-33(21-17-28)40-45-37(30-10-4-1-5-11-30)44-38(46-40)31-12-6-2-7-13-31/h2*1-27H;1-27H. The second-order valence-electron chi connectivity index (χ2n) is 34.7. The van der Waals surface area contributed by atoms with Crippen LogP contribution in [0.1, 0.15) is 0 Å². The molecular formula is C128H81F5N16. The summed E-state index contributed by atoms with van der Waals surface area (Å²) in [6.45, 7) is 0. The van der Waals surface area contributed by atoms with Crippen LogP contribution in [0.5, 0.6) is 0 Å². The molecule has 0 saturated carbocycles. The summed E-state index contributed by atoms with van der Waals surface area (Å²) in [5.74, 6) is 5.35. The normalized spacial score (nSPS) is 11.0. The van der Waals surface area contributed by atoms with Crippen LogP contribution in [0, 0.1) is 29.1 Å². The summed E-state index contributed by atoms with van der Waals surface area (Å²) in [5, 5.41) is 0. The first-order valence-electron chi connectivity index (χ1n) is 47.9. The van der Waals surface area contributed by atoms with Gasteiger partial charge in [-0.3, -0.25) is 0 Å². The Morgan fingerprint density at radius 1 is 0.0872 bits per heavy atom. The fraction of sp³-hybridized carbons (Fsp3) is 0. The molecule has 0 N–H and O–H groups in total. The van der Waals surface area contributed by atoms with Gasteiger partial charge in [0.2, 0.25) is 0 Å². The molecule has 0 atom stereocenters. The molecule has 0 radical (unpaired) electrons.